The average Bonchev–Trinajstić information content (AvgIpc) is 2.30. The van der Waals surface area contributed by atoms with Crippen molar-refractivity contribution in [2.45, 2.75) is 6.42 Å². The predicted octanol–water partition coefficient (Wildman–Crippen LogP) is -1.35. The van der Waals surface area contributed by atoms with Crippen LogP contribution >= 0.6 is 0 Å². The summed E-state index contributed by atoms with van der Waals surface area (Å²) in [6.07, 6.45) is -0.0505. The van der Waals surface area contributed by atoms with Crippen molar-refractivity contribution in [3.63, 3.8) is 0 Å². The first-order chi connectivity index (χ1) is 7.77. The second kappa shape index (κ2) is 7.09. The molecule has 0 aliphatic rings. The monoisotopic (exact) mass is 250 g/mol. The molecule has 0 saturated carbocycles. The van der Waals surface area contributed by atoms with E-state index in [0.717, 1.165) is 16.7 Å². The van der Waals surface area contributed by atoms with Gasteiger partial charge < -0.3 is 9.90 Å². The number of benzene rings is 2. The van der Waals surface area contributed by atoms with E-state index in [1.165, 1.54) is 0 Å². The van der Waals surface area contributed by atoms with Crippen molar-refractivity contribution in [1.29, 1.82) is 0 Å². The molecule has 0 atom stereocenters. The van der Waals surface area contributed by atoms with E-state index in [4.69, 9.17) is 0 Å². The fourth-order valence-electron chi connectivity index (χ4n) is 1.73. The normalized spacial score (nSPS) is 9.41. The van der Waals surface area contributed by atoms with Crippen molar-refractivity contribution in [1.82, 2.24) is 0 Å². The zero-order chi connectivity index (χ0) is 11.4. The summed E-state index contributed by atoms with van der Waals surface area (Å²) in [4.78, 5) is 10.6. The molecule has 0 amide bonds. The third-order valence-corrected chi connectivity index (χ3v) is 2.44. The molecular formula is C14H11KO2. The van der Waals surface area contributed by atoms with E-state index in [-0.39, 0.29) is 57.8 Å². The molecule has 2 nitrogen and oxygen atoms in total. The Morgan fingerprint density at radius 3 is 2.18 bits per heavy atom. The molecule has 0 spiro atoms. The number of carboxylic acid groups (broad SMARTS) is 1. The van der Waals surface area contributed by atoms with Crippen molar-refractivity contribution < 1.29 is 61.3 Å². The molecule has 0 bridgehead atoms. The van der Waals surface area contributed by atoms with Gasteiger partial charge in [0.2, 0.25) is 0 Å². The molecule has 0 radical (unpaired) electrons. The van der Waals surface area contributed by atoms with Crippen LogP contribution in [-0.4, -0.2) is 5.97 Å². The summed E-state index contributed by atoms with van der Waals surface area (Å²) < 4.78 is 0. The summed E-state index contributed by atoms with van der Waals surface area (Å²) in [5, 5.41) is 10.6. The van der Waals surface area contributed by atoms with Gasteiger partial charge in [-0.1, -0.05) is 54.6 Å². The van der Waals surface area contributed by atoms with Crippen molar-refractivity contribution >= 4 is 5.97 Å². The van der Waals surface area contributed by atoms with Gasteiger partial charge in [0.25, 0.3) is 0 Å². The maximum Gasteiger partial charge on any atom is 1.00 e. The van der Waals surface area contributed by atoms with Crippen LogP contribution in [0.2, 0.25) is 0 Å². The van der Waals surface area contributed by atoms with E-state index < -0.39 is 5.97 Å². The van der Waals surface area contributed by atoms with E-state index in [1.54, 1.807) is 0 Å². The van der Waals surface area contributed by atoms with Gasteiger partial charge in [0.1, 0.15) is 0 Å². The zero-order valence-corrected chi connectivity index (χ0v) is 12.8. The maximum absolute atomic E-state index is 10.6. The zero-order valence-electron chi connectivity index (χ0n) is 9.72. The van der Waals surface area contributed by atoms with Crippen LogP contribution in [0.15, 0.2) is 54.6 Å². The fourth-order valence-corrected chi connectivity index (χ4v) is 1.73. The first-order valence-electron chi connectivity index (χ1n) is 5.10. The van der Waals surface area contributed by atoms with Gasteiger partial charge in [-0.05, 0) is 16.7 Å². The largest absolute Gasteiger partial charge is 1.00 e. The molecule has 80 valence electrons. The van der Waals surface area contributed by atoms with Crippen LogP contribution in [0.25, 0.3) is 11.1 Å². The minimum atomic E-state index is -1.05. The number of carbonyl (C=O) groups is 1. The summed E-state index contributed by atoms with van der Waals surface area (Å²) in [6, 6.07) is 17.2. The summed E-state index contributed by atoms with van der Waals surface area (Å²) in [7, 11) is 0. The first kappa shape index (κ1) is 14.6. The summed E-state index contributed by atoms with van der Waals surface area (Å²) in [5.74, 6) is -1.05. The second-order valence-corrected chi connectivity index (χ2v) is 3.57. The second-order valence-electron chi connectivity index (χ2n) is 3.57. The molecule has 0 unspecified atom stereocenters. The van der Waals surface area contributed by atoms with E-state index in [9.17, 15) is 9.90 Å². The van der Waals surface area contributed by atoms with Gasteiger partial charge in [0, 0.05) is 12.4 Å². The Kier molecular flexibility index (Phi) is 6.09. The van der Waals surface area contributed by atoms with E-state index in [1.807, 2.05) is 54.6 Å². The first-order valence-corrected chi connectivity index (χ1v) is 5.10. The van der Waals surface area contributed by atoms with E-state index >= 15 is 0 Å². The Morgan fingerprint density at radius 2 is 1.53 bits per heavy atom. The molecule has 0 N–H and O–H groups in total. The third-order valence-electron chi connectivity index (χ3n) is 2.44. The van der Waals surface area contributed by atoms with E-state index in [0.29, 0.717) is 0 Å². The molecule has 2 rings (SSSR count). The van der Waals surface area contributed by atoms with Gasteiger partial charge in [-0.3, -0.25) is 0 Å². The van der Waals surface area contributed by atoms with Gasteiger partial charge in [0.05, 0.1) is 0 Å². The summed E-state index contributed by atoms with van der Waals surface area (Å²) >= 11 is 0. The molecule has 2 aromatic rings. The molecular weight excluding hydrogens is 239 g/mol. The van der Waals surface area contributed by atoms with Crippen LogP contribution < -0.4 is 56.5 Å². The Balaban J connectivity index is 0.00000144. The SMILES string of the molecule is O=C([O-])Cc1ccccc1-c1ccccc1.[K+]. The average molecular weight is 250 g/mol. The minimum Gasteiger partial charge on any atom is -0.550 e. The molecule has 0 aliphatic heterocycles. The van der Waals surface area contributed by atoms with Crippen LogP contribution in [0.4, 0.5) is 0 Å². The van der Waals surface area contributed by atoms with E-state index in [2.05, 4.69) is 0 Å². The van der Waals surface area contributed by atoms with Crippen molar-refractivity contribution in [2.24, 2.45) is 0 Å². The molecule has 2 aromatic carbocycles. The standard InChI is InChI=1S/C14H12O2.K/c15-14(16)10-12-8-4-5-9-13(12)11-6-2-1-3-7-11;/h1-9H,10H2,(H,15,16);/q;+1/p-1. The Morgan fingerprint density at radius 1 is 0.941 bits per heavy atom. The summed E-state index contributed by atoms with van der Waals surface area (Å²) in [5.41, 5.74) is 2.76. The molecule has 0 saturated heterocycles. The van der Waals surface area contributed by atoms with Gasteiger partial charge in [0.15, 0.2) is 0 Å². The van der Waals surface area contributed by atoms with Crippen LogP contribution in [0.1, 0.15) is 5.56 Å². The summed E-state index contributed by atoms with van der Waals surface area (Å²) in [6.45, 7) is 0. The van der Waals surface area contributed by atoms with Crippen molar-refractivity contribution in [3.05, 3.63) is 60.2 Å². The number of hydrogen-bond donors (Lipinski definition) is 0. The number of rotatable bonds is 3. The molecule has 0 aromatic heterocycles. The van der Waals surface area contributed by atoms with Crippen LogP contribution in [0.5, 0.6) is 0 Å². The predicted molar refractivity (Wildman–Crippen MR) is 60.6 cm³/mol. The molecule has 3 heteroatoms. The molecule has 0 aliphatic carbocycles. The minimum absolute atomic E-state index is 0. The topological polar surface area (TPSA) is 40.1 Å². The van der Waals surface area contributed by atoms with Crippen molar-refractivity contribution in [3.8, 4) is 11.1 Å². The molecule has 0 fully saturated rings. The van der Waals surface area contributed by atoms with Gasteiger partial charge in [-0.2, -0.15) is 0 Å². The third kappa shape index (κ3) is 4.05. The quantitative estimate of drug-likeness (QED) is 0.632. The number of carbonyl (C=O) groups excluding carboxylic acids is 1. The fraction of sp³-hybridized carbons (Fsp3) is 0.0714. The Labute approximate surface area is 143 Å². The number of aliphatic carboxylic acids is 1. The van der Waals surface area contributed by atoms with Gasteiger partial charge >= 0.3 is 51.4 Å². The Bertz CT molecular complexity index is 495. The number of hydrogen-bond acceptors (Lipinski definition) is 2. The van der Waals surface area contributed by atoms with Gasteiger partial charge in [-0.15, -0.1) is 0 Å². The van der Waals surface area contributed by atoms with Crippen LogP contribution in [-0.2, 0) is 11.2 Å². The van der Waals surface area contributed by atoms with Crippen molar-refractivity contribution in [2.75, 3.05) is 0 Å². The van der Waals surface area contributed by atoms with Crippen LogP contribution in [0, 0.1) is 0 Å². The Hall–Kier alpha value is -0.454. The maximum atomic E-state index is 10.6. The van der Waals surface area contributed by atoms with Crippen LogP contribution in [0.3, 0.4) is 0 Å². The van der Waals surface area contributed by atoms with Gasteiger partial charge in [-0.25, -0.2) is 0 Å². The molecule has 0 heterocycles. The number of carboxylic acids is 1. The molecule has 17 heavy (non-hydrogen) atoms. The smallest absolute Gasteiger partial charge is 0.550 e.